The Morgan fingerprint density at radius 2 is 2.00 bits per heavy atom. The first-order valence-electron chi connectivity index (χ1n) is 4.33. The van der Waals surface area contributed by atoms with Crippen LogP contribution in [0.15, 0.2) is 0 Å². The van der Waals surface area contributed by atoms with E-state index in [1.54, 1.807) is 6.92 Å². The van der Waals surface area contributed by atoms with Gasteiger partial charge in [-0.25, -0.2) is 0 Å². The van der Waals surface area contributed by atoms with Gasteiger partial charge in [0.15, 0.2) is 5.78 Å². The van der Waals surface area contributed by atoms with Crippen LogP contribution in [-0.2, 0) is 4.79 Å². The zero-order valence-corrected chi connectivity index (χ0v) is 9.35. The highest BCUT2D eigenvalue weighted by Gasteiger charge is 2.24. The van der Waals surface area contributed by atoms with E-state index >= 15 is 0 Å². The van der Waals surface area contributed by atoms with E-state index in [2.05, 4.69) is 0 Å². The molecule has 13 heavy (non-hydrogen) atoms. The smallest absolute Gasteiger partial charge is 0.177 e. The van der Waals surface area contributed by atoms with Gasteiger partial charge >= 0.3 is 0 Å². The highest BCUT2D eigenvalue weighted by Crippen LogP contribution is 2.10. The van der Waals surface area contributed by atoms with Crippen LogP contribution < -0.4 is 0 Å². The van der Waals surface area contributed by atoms with Crippen molar-refractivity contribution in [2.45, 2.75) is 31.7 Å². The molecular formula is C9H17ClN2O. The third-order valence-electron chi connectivity index (χ3n) is 2.14. The van der Waals surface area contributed by atoms with Crippen molar-refractivity contribution in [2.75, 3.05) is 14.1 Å². The second kappa shape index (κ2) is 5.35. The molecule has 0 heterocycles. The Morgan fingerprint density at radius 3 is 2.31 bits per heavy atom. The fraction of sp³-hybridized carbons (Fsp3) is 0.778. The number of hydrogen-bond donors (Lipinski definition) is 1. The number of halogens is 1. The molecule has 0 rings (SSSR count). The van der Waals surface area contributed by atoms with E-state index < -0.39 is 5.38 Å². The molecule has 3 nitrogen and oxygen atoms in total. The molecule has 76 valence electrons. The number of nitrogens with one attached hydrogen (secondary N) is 1. The van der Waals surface area contributed by atoms with Crippen LogP contribution >= 0.6 is 11.6 Å². The summed E-state index contributed by atoms with van der Waals surface area (Å²) in [7, 11) is 3.76. The number of Topliss-reactive ketones (excluding diaryl/α,β-unsaturated/α-hetero) is 1. The summed E-state index contributed by atoms with van der Waals surface area (Å²) in [4.78, 5) is 13.1. The predicted molar refractivity (Wildman–Crippen MR) is 55.8 cm³/mol. The van der Waals surface area contributed by atoms with Crippen LogP contribution in [0.4, 0.5) is 0 Å². The van der Waals surface area contributed by atoms with E-state index in [4.69, 9.17) is 17.0 Å². The van der Waals surface area contributed by atoms with Crippen LogP contribution in [0.3, 0.4) is 0 Å². The first kappa shape index (κ1) is 12.6. The fourth-order valence-electron chi connectivity index (χ4n) is 0.847. The third-order valence-corrected chi connectivity index (χ3v) is 2.72. The predicted octanol–water partition coefficient (Wildman–Crippen LogP) is 1.54. The number of alkyl halides is 1. The molecule has 0 aromatic heterocycles. The van der Waals surface area contributed by atoms with E-state index in [-0.39, 0.29) is 17.5 Å². The van der Waals surface area contributed by atoms with Gasteiger partial charge in [-0.3, -0.25) is 10.2 Å². The van der Waals surface area contributed by atoms with Gasteiger partial charge in [-0.1, -0.05) is 6.92 Å². The number of rotatable bonds is 5. The van der Waals surface area contributed by atoms with E-state index in [0.717, 1.165) is 0 Å². The highest BCUT2D eigenvalue weighted by molar-refractivity contribution is 6.50. The second-order valence-corrected chi connectivity index (χ2v) is 3.77. The molecule has 0 aliphatic heterocycles. The topological polar surface area (TPSA) is 44.2 Å². The SMILES string of the molecule is CCC(=O)C(=N)C(Cl)C(C)N(C)C. The molecule has 0 bridgehead atoms. The molecule has 2 atom stereocenters. The summed E-state index contributed by atoms with van der Waals surface area (Å²) in [5.74, 6) is -0.173. The molecule has 0 aromatic carbocycles. The summed E-state index contributed by atoms with van der Waals surface area (Å²) < 4.78 is 0. The molecule has 0 aliphatic rings. The van der Waals surface area contributed by atoms with Gasteiger partial charge in [-0.05, 0) is 21.0 Å². The molecule has 0 fully saturated rings. The third kappa shape index (κ3) is 3.44. The van der Waals surface area contributed by atoms with Gasteiger partial charge < -0.3 is 4.90 Å². The zero-order valence-electron chi connectivity index (χ0n) is 8.60. The Bertz CT molecular complexity index is 204. The van der Waals surface area contributed by atoms with Crippen LogP contribution in [0.2, 0.25) is 0 Å². The standard InChI is InChI=1S/C9H17ClN2O/c1-5-7(13)9(11)8(10)6(2)12(3)4/h6,8,11H,5H2,1-4H3. The minimum atomic E-state index is -0.512. The second-order valence-electron chi connectivity index (χ2n) is 3.30. The molecule has 0 amide bonds. The number of carbonyl (C=O) groups is 1. The first-order chi connectivity index (χ1) is 5.91. The molecule has 0 spiro atoms. The largest absolute Gasteiger partial charge is 0.305 e. The molecule has 0 saturated heterocycles. The zero-order chi connectivity index (χ0) is 10.6. The normalized spacial score (nSPS) is 15.5. The lowest BCUT2D eigenvalue weighted by Crippen LogP contribution is -2.40. The molecule has 2 unspecified atom stereocenters. The van der Waals surface area contributed by atoms with Gasteiger partial charge in [0.25, 0.3) is 0 Å². The van der Waals surface area contributed by atoms with Gasteiger partial charge in [0.2, 0.25) is 0 Å². The van der Waals surface area contributed by atoms with E-state index in [0.29, 0.717) is 6.42 Å². The van der Waals surface area contributed by atoms with Gasteiger partial charge in [0.05, 0.1) is 11.1 Å². The molecule has 0 saturated carbocycles. The van der Waals surface area contributed by atoms with Gasteiger partial charge in [0, 0.05) is 12.5 Å². The average Bonchev–Trinajstić information content (AvgIpc) is 2.12. The Hall–Kier alpha value is -0.410. The van der Waals surface area contributed by atoms with Crippen LogP contribution in [0, 0.1) is 5.41 Å². The van der Waals surface area contributed by atoms with Crippen LogP contribution in [0.1, 0.15) is 20.3 Å². The Balaban J connectivity index is 4.33. The Morgan fingerprint density at radius 1 is 1.54 bits per heavy atom. The molecule has 0 aromatic rings. The molecule has 1 N–H and O–H groups in total. The number of hydrogen-bond acceptors (Lipinski definition) is 3. The molecule has 0 radical (unpaired) electrons. The summed E-state index contributed by atoms with van der Waals surface area (Å²) in [5.41, 5.74) is 0.0189. The monoisotopic (exact) mass is 204 g/mol. The van der Waals surface area contributed by atoms with E-state index in [1.165, 1.54) is 0 Å². The Labute approximate surface area is 84.6 Å². The quantitative estimate of drug-likeness (QED) is 0.546. The van der Waals surface area contributed by atoms with Crippen molar-refractivity contribution in [3.05, 3.63) is 0 Å². The van der Waals surface area contributed by atoms with Crippen molar-refractivity contribution in [3.63, 3.8) is 0 Å². The van der Waals surface area contributed by atoms with Gasteiger partial charge in [-0.2, -0.15) is 0 Å². The summed E-state index contributed by atoms with van der Waals surface area (Å²) in [5, 5.41) is 7.00. The highest BCUT2D eigenvalue weighted by atomic mass is 35.5. The lowest BCUT2D eigenvalue weighted by Gasteiger charge is -2.24. The minimum absolute atomic E-state index is 0.00432. The van der Waals surface area contributed by atoms with Crippen molar-refractivity contribution in [3.8, 4) is 0 Å². The van der Waals surface area contributed by atoms with Crippen molar-refractivity contribution in [1.29, 1.82) is 5.41 Å². The Kier molecular flexibility index (Phi) is 5.18. The maximum Gasteiger partial charge on any atom is 0.177 e. The fourth-order valence-corrected chi connectivity index (χ4v) is 1.19. The lowest BCUT2D eigenvalue weighted by molar-refractivity contribution is -0.112. The van der Waals surface area contributed by atoms with Gasteiger partial charge in [-0.15, -0.1) is 11.6 Å². The van der Waals surface area contributed by atoms with Crippen molar-refractivity contribution < 1.29 is 4.79 Å². The number of nitrogens with zero attached hydrogens (tertiary/aromatic N) is 1. The lowest BCUT2D eigenvalue weighted by atomic mass is 10.1. The van der Waals surface area contributed by atoms with Crippen molar-refractivity contribution in [2.24, 2.45) is 0 Å². The van der Waals surface area contributed by atoms with Crippen LogP contribution in [-0.4, -0.2) is 41.9 Å². The van der Waals surface area contributed by atoms with E-state index in [1.807, 2.05) is 25.9 Å². The first-order valence-corrected chi connectivity index (χ1v) is 4.77. The maximum atomic E-state index is 11.2. The summed E-state index contributed by atoms with van der Waals surface area (Å²) >= 11 is 5.96. The molecule has 0 aliphatic carbocycles. The van der Waals surface area contributed by atoms with Crippen LogP contribution in [0.5, 0.6) is 0 Å². The van der Waals surface area contributed by atoms with Crippen LogP contribution in [0.25, 0.3) is 0 Å². The summed E-state index contributed by atoms with van der Waals surface area (Å²) in [6.45, 7) is 3.63. The van der Waals surface area contributed by atoms with Gasteiger partial charge in [0.1, 0.15) is 0 Å². The summed E-state index contributed by atoms with van der Waals surface area (Å²) in [6, 6.07) is 0.00432. The molecule has 4 heteroatoms. The minimum Gasteiger partial charge on any atom is -0.305 e. The van der Waals surface area contributed by atoms with Crippen molar-refractivity contribution >= 4 is 23.1 Å². The summed E-state index contributed by atoms with van der Waals surface area (Å²) in [6.07, 6.45) is 0.349. The molecular weight excluding hydrogens is 188 g/mol. The van der Waals surface area contributed by atoms with E-state index in [9.17, 15) is 4.79 Å². The average molecular weight is 205 g/mol. The number of carbonyl (C=O) groups excluding carboxylic acids is 1. The van der Waals surface area contributed by atoms with Crippen molar-refractivity contribution in [1.82, 2.24) is 4.90 Å². The number of ketones is 1. The maximum absolute atomic E-state index is 11.2.